The van der Waals surface area contributed by atoms with Gasteiger partial charge < -0.3 is 15.4 Å². The molecule has 0 saturated carbocycles. The van der Waals surface area contributed by atoms with Gasteiger partial charge in [0.1, 0.15) is 0 Å². The zero-order chi connectivity index (χ0) is 25.3. The predicted molar refractivity (Wildman–Crippen MR) is 125 cm³/mol. The summed E-state index contributed by atoms with van der Waals surface area (Å²) in [5, 5.41) is 5.00. The van der Waals surface area contributed by atoms with Crippen LogP contribution in [-0.4, -0.2) is 24.4 Å². The van der Waals surface area contributed by atoms with Gasteiger partial charge in [-0.15, -0.1) is 0 Å². The molecule has 0 spiro atoms. The zero-order valence-corrected chi connectivity index (χ0v) is 18.6. The molecule has 0 heterocycles. The van der Waals surface area contributed by atoms with E-state index in [4.69, 9.17) is 4.74 Å². The molecule has 0 aliphatic carbocycles. The minimum atomic E-state index is -4.53. The first kappa shape index (κ1) is 25.5. The average molecular weight is 484 g/mol. The maximum absolute atomic E-state index is 12.9. The molecule has 0 radical (unpaired) electrons. The summed E-state index contributed by atoms with van der Waals surface area (Å²) in [5.41, 5.74) is 0.597. The Morgan fingerprint density at radius 2 is 1.46 bits per heavy atom. The van der Waals surface area contributed by atoms with E-state index in [0.29, 0.717) is 12.1 Å². The molecular weight excluding hydrogens is 461 g/mol. The highest BCUT2D eigenvalue weighted by Crippen LogP contribution is 2.30. The summed E-state index contributed by atoms with van der Waals surface area (Å²) >= 11 is 0. The van der Waals surface area contributed by atoms with Crippen LogP contribution in [0.25, 0.3) is 0 Å². The molecule has 3 aromatic carbocycles. The van der Waals surface area contributed by atoms with Gasteiger partial charge in [-0.2, -0.15) is 13.2 Å². The number of benzene rings is 3. The first-order chi connectivity index (χ1) is 16.7. The lowest BCUT2D eigenvalue weighted by molar-refractivity contribution is -0.144. The standard InChI is InChI=1S/C26H23F3N2O4/c27-26(28,29)20-9-5-11-22(17-20)31-25(34)19-8-4-10-21(16-19)30-23(32)12-13-24(33)35-15-14-18-6-2-1-3-7-18/h1-11,16-17H,12-15H2,(H,30,32)(H,31,34). The van der Waals surface area contributed by atoms with Crippen LogP contribution in [0.4, 0.5) is 24.5 Å². The van der Waals surface area contributed by atoms with E-state index in [9.17, 15) is 27.6 Å². The molecule has 2 amide bonds. The Hall–Kier alpha value is -4.14. The monoisotopic (exact) mass is 484 g/mol. The van der Waals surface area contributed by atoms with E-state index in [2.05, 4.69) is 10.6 Å². The highest BCUT2D eigenvalue weighted by atomic mass is 19.4. The van der Waals surface area contributed by atoms with Crippen molar-refractivity contribution in [1.82, 2.24) is 0 Å². The second-order valence-electron chi connectivity index (χ2n) is 7.62. The normalized spacial score (nSPS) is 10.9. The van der Waals surface area contributed by atoms with E-state index in [1.165, 1.54) is 30.3 Å². The van der Waals surface area contributed by atoms with Crippen molar-refractivity contribution in [2.24, 2.45) is 0 Å². The van der Waals surface area contributed by atoms with Crippen molar-refractivity contribution >= 4 is 29.2 Å². The number of ether oxygens (including phenoxy) is 1. The quantitative estimate of drug-likeness (QED) is 0.395. The van der Waals surface area contributed by atoms with Gasteiger partial charge in [-0.05, 0) is 42.0 Å². The van der Waals surface area contributed by atoms with Gasteiger partial charge in [-0.25, -0.2) is 0 Å². The molecule has 0 aliphatic heterocycles. The summed E-state index contributed by atoms with van der Waals surface area (Å²) in [7, 11) is 0. The fraction of sp³-hybridized carbons (Fsp3) is 0.192. The summed E-state index contributed by atoms with van der Waals surface area (Å²) in [4.78, 5) is 36.5. The van der Waals surface area contributed by atoms with E-state index in [1.807, 2.05) is 30.3 Å². The minimum absolute atomic E-state index is 0.00922. The lowest BCUT2D eigenvalue weighted by Crippen LogP contribution is -2.16. The number of carbonyl (C=O) groups excluding carboxylic acids is 3. The molecule has 0 saturated heterocycles. The smallest absolute Gasteiger partial charge is 0.416 e. The van der Waals surface area contributed by atoms with Gasteiger partial charge in [0.25, 0.3) is 5.91 Å². The van der Waals surface area contributed by atoms with Gasteiger partial charge >= 0.3 is 12.1 Å². The van der Waals surface area contributed by atoms with Crippen LogP contribution < -0.4 is 10.6 Å². The Balaban J connectivity index is 1.47. The van der Waals surface area contributed by atoms with Crippen LogP contribution in [0.3, 0.4) is 0 Å². The first-order valence-corrected chi connectivity index (χ1v) is 10.8. The minimum Gasteiger partial charge on any atom is -0.465 e. The first-order valence-electron chi connectivity index (χ1n) is 10.8. The number of nitrogens with one attached hydrogen (secondary N) is 2. The van der Waals surface area contributed by atoms with Crippen molar-refractivity contribution in [2.75, 3.05) is 17.2 Å². The Bertz CT molecular complexity index is 1180. The van der Waals surface area contributed by atoms with Crippen molar-refractivity contribution in [3.63, 3.8) is 0 Å². The summed E-state index contributed by atoms with van der Waals surface area (Å²) in [5.74, 6) is -1.58. The average Bonchev–Trinajstić information content (AvgIpc) is 2.83. The fourth-order valence-corrected chi connectivity index (χ4v) is 3.15. The van der Waals surface area contributed by atoms with Crippen molar-refractivity contribution in [3.05, 3.63) is 95.6 Å². The molecule has 3 aromatic rings. The van der Waals surface area contributed by atoms with Gasteiger partial charge in [-0.1, -0.05) is 42.5 Å². The Morgan fingerprint density at radius 3 is 2.17 bits per heavy atom. The number of carbonyl (C=O) groups is 3. The Labute approximate surface area is 200 Å². The van der Waals surface area contributed by atoms with Gasteiger partial charge in [0, 0.05) is 29.8 Å². The second kappa shape index (κ2) is 11.8. The van der Waals surface area contributed by atoms with E-state index >= 15 is 0 Å². The van der Waals surface area contributed by atoms with Crippen molar-refractivity contribution < 1.29 is 32.3 Å². The topological polar surface area (TPSA) is 84.5 Å². The number of hydrogen-bond donors (Lipinski definition) is 2. The Morgan fingerprint density at radius 1 is 0.771 bits per heavy atom. The molecular formula is C26H23F3N2O4. The molecule has 2 N–H and O–H groups in total. The number of anilines is 2. The summed E-state index contributed by atoms with van der Waals surface area (Å²) in [6.07, 6.45) is -4.16. The van der Waals surface area contributed by atoms with Crippen LogP contribution in [-0.2, 0) is 26.9 Å². The molecule has 0 atom stereocenters. The van der Waals surface area contributed by atoms with E-state index in [1.54, 1.807) is 6.07 Å². The number of amides is 2. The third-order valence-electron chi connectivity index (χ3n) is 4.91. The van der Waals surface area contributed by atoms with Gasteiger partial charge in [0.2, 0.25) is 5.91 Å². The number of rotatable bonds is 9. The van der Waals surface area contributed by atoms with E-state index in [-0.39, 0.29) is 30.7 Å². The lowest BCUT2D eigenvalue weighted by atomic mass is 10.1. The highest BCUT2D eigenvalue weighted by Gasteiger charge is 2.30. The number of halogens is 3. The van der Waals surface area contributed by atoms with E-state index in [0.717, 1.165) is 17.7 Å². The van der Waals surface area contributed by atoms with Crippen LogP contribution in [0.1, 0.15) is 34.3 Å². The molecule has 0 aliphatic rings. The van der Waals surface area contributed by atoms with Crippen molar-refractivity contribution in [3.8, 4) is 0 Å². The van der Waals surface area contributed by atoms with Crippen LogP contribution in [0.2, 0.25) is 0 Å². The molecule has 9 heteroatoms. The van der Waals surface area contributed by atoms with Gasteiger partial charge in [-0.3, -0.25) is 14.4 Å². The van der Waals surface area contributed by atoms with Crippen LogP contribution in [0.5, 0.6) is 0 Å². The summed E-state index contributed by atoms with van der Waals surface area (Å²) < 4.78 is 43.7. The Kier molecular flexibility index (Phi) is 8.61. The van der Waals surface area contributed by atoms with Crippen molar-refractivity contribution in [2.45, 2.75) is 25.4 Å². The molecule has 0 bridgehead atoms. The summed E-state index contributed by atoms with van der Waals surface area (Å²) in [6, 6.07) is 19.7. The van der Waals surface area contributed by atoms with Crippen LogP contribution in [0, 0.1) is 0 Å². The van der Waals surface area contributed by atoms with Crippen LogP contribution >= 0.6 is 0 Å². The van der Waals surface area contributed by atoms with Crippen molar-refractivity contribution in [1.29, 1.82) is 0 Å². The lowest BCUT2D eigenvalue weighted by Gasteiger charge is -2.11. The zero-order valence-electron chi connectivity index (χ0n) is 18.6. The molecule has 0 unspecified atom stereocenters. The maximum atomic E-state index is 12.9. The molecule has 0 fully saturated rings. The number of alkyl halides is 3. The second-order valence-corrected chi connectivity index (χ2v) is 7.62. The molecule has 3 rings (SSSR count). The SMILES string of the molecule is O=C(CCC(=O)OCCc1ccccc1)Nc1cccc(C(=O)Nc2cccc(C(F)(F)F)c2)c1. The number of hydrogen-bond acceptors (Lipinski definition) is 4. The number of esters is 1. The molecule has 6 nitrogen and oxygen atoms in total. The summed E-state index contributed by atoms with van der Waals surface area (Å²) in [6.45, 7) is 0.216. The fourth-order valence-electron chi connectivity index (χ4n) is 3.15. The largest absolute Gasteiger partial charge is 0.465 e. The molecule has 182 valence electrons. The predicted octanol–water partition coefficient (Wildman–Crippen LogP) is 5.46. The van der Waals surface area contributed by atoms with Crippen LogP contribution in [0.15, 0.2) is 78.9 Å². The third-order valence-corrected chi connectivity index (χ3v) is 4.91. The van der Waals surface area contributed by atoms with Gasteiger partial charge in [0.05, 0.1) is 18.6 Å². The molecule has 35 heavy (non-hydrogen) atoms. The van der Waals surface area contributed by atoms with E-state index < -0.39 is 29.5 Å². The molecule has 0 aromatic heterocycles. The maximum Gasteiger partial charge on any atom is 0.416 e. The highest BCUT2D eigenvalue weighted by molar-refractivity contribution is 6.05. The third kappa shape index (κ3) is 8.29. The van der Waals surface area contributed by atoms with Gasteiger partial charge in [0.15, 0.2) is 0 Å².